The Morgan fingerprint density at radius 3 is 2.50 bits per heavy atom. The van der Waals surface area contributed by atoms with Crippen molar-refractivity contribution in [2.45, 2.75) is 46.1 Å². The summed E-state index contributed by atoms with van der Waals surface area (Å²) >= 11 is 0. The van der Waals surface area contributed by atoms with Gasteiger partial charge in [-0.2, -0.15) is 0 Å². The summed E-state index contributed by atoms with van der Waals surface area (Å²) in [6, 6.07) is 0.465. The number of imidazole rings is 1. The molecule has 3 heteroatoms. The molecule has 0 saturated heterocycles. The summed E-state index contributed by atoms with van der Waals surface area (Å²) in [5.41, 5.74) is 1.34. The molecular weight excluding hydrogens is 222 g/mol. The van der Waals surface area contributed by atoms with Gasteiger partial charge in [-0.15, -0.1) is 0 Å². The van der Waals surface area contributed by atoms with E-state index in [0.717, 1.165) is 24.3 Å². The second-order valence-electron chi connectivity index (χ2n) is 6.14. The third kappa shape index (κ3) is 2.94. The molecule has 0 amide bonds. The topological polar surface area (TPSA) is 29.9 Å². The van der Waals surface area contributed by atoms with Crippen LogP contribution in [-0.4, -0.2) is 16.1 Å². The molecule has 0 spiro atoms. The first-order chi connectivity index (χ1) is 8.61. The highest BCUT2D eigenvalue weighted by Gasteiger charge is 2.31. The first-order valence-corrected chi connectivity index (χ1v) is 7.31. The van der Waals surface area contributed by atoms with Crippen molar-refractivity contribution in [2.75, 3.05) is 6.54 Å². The van der Waals surface area contributed by atoms with Crippen molar-refractivity contribution in [2.24, 2.45) is 24.8 Å². The van der Waals surface area contributed by atoms with Gasteiger partial charge in [0.25, 0.3) is 0 Å². The van der Waals surface area contributed by atoms with Gasteiger partial charge >= 0.3 is 0 Å². The van der Waals surface area contributed by atoms with Crippen LogP contribution >= 0.6 is 0 Å². The highest BCUT2D eigenvalue weighted by atomic mass is 15.1. The van der Waals surface area contributed by atoms with Crippen LogP contribution in [0.25, 0.3) is 0 Å². The van der Waals surface area contributed by atoms with Crippen LogP contribution in [0.15, 0.2) is 12.5 Å². The molecule has 18 heavy (non-hydrogen) atoms. The summed E-state index contributed by atoms with van der Waals surface area (Å²) < 4.78 is 2.16. The Morgan fingerprint density at radius 1 is 1.33 bits per heavy atom. The number of aromatic nitrogens is 2. The minimum atomic E-state index is 0.465. The van der Waals surface area contributed by atoms with Crippen LogP contribution in [0.1, 0.15) is 51.8 Å². The van der Waals surface area contributed by atoms with E-state index >= 15 is 0 Å². The fourth-order valence-corrected chi connectivity index (χ4v) is 3.68. The van der Waals surface area contributed by atoms with Gasteiger partial charge in [0.05, 0.1) is 18.1 Å². The summed E-state index contributed by atoms with van der Waals surface area (Å²) in [5, 5.41) is 3.68. The van der Waals surface area contributed by atoms with Gasteiger partial charge in [-0.05, 0) is 43.6 Å². The quantitative estimate of drug-likeness (QED) is 0.888. The van der Waals surface area contributed by atoms with Gasteiger partial charge in [-0.3, -0.25) is 0 Å². The van der Waals surface area contributed by atoms with Crippen LogP contribution in [0, 0.1) is 17.8 Å². The largest absolute Gasteiger partial charge is 0.336 e. The first-order valence-electron chi connectivity index (χ1n) is 7.31. The number of nitrogens with zero attached hydrogens (tertiary/aromatic N) is 2. The Morgan fingerprint density at radius 2 is 2.00 bits per heavy atom. The molecule has 1 aromatic heterocycles. The van der Waals surface area contributed by atoms with Gasteiger partial charge in [-0.1, -0.05) is 20.8 Å². The van der Waals surface area contributed by atoms with E-state index in [0.29, 0.717) is 6.04 Å². The average Bonchev–Trinajstić information content (AvgIpc) is 2.71. The van der Waals surface area contributed by atoms with E-state index in [1.54, 1.807) is 0 Å². The van der Waals surface area contributed by atoms with Crippen molar-refractivity contribution >= 4 is 0 Å². The fourth-order valence-electron chi connectivity index (χ4n) is 3.68. The molecule has 0 aromatic carbocycles. The lowest BCUT2D eigenvalue weighted by Crippen LogP contribution is -2.34. The number of rotatable bonds is 4. The van der Waals surface area contributed by atoms with Crippen LogP contribution in [0.4, 0.5) is 0 Å². The van der Waals surface area contributed by atoms with Crippen molar-refractivity contribution in [3.8, 4) is 0 Å². The van der Waals surface area contributed by atoms with Crippen LogP contribution in [0.3, 0.4) is 0 Å². The molecule has 3 nitrogen and oxygen atoms in total. The summed E-state index contributed by atoms with van der Waals surface area (Å²) in [4.78, 5) is 4.28. The molecule has 3 unspecified atom stereocenters. The molecule has 3 atom stereocenters. The molecule has 0 aliphatic heterocycles. The van der Waals surface area contributed by atoms with Crippen molar-refractivity contribution in [1.82, 2.24) is 14.9 Å². The summed E-state index contributed by atoms with van der Waals surface area (Å²) in [6.45, 7) is 8.01. The highest BCUT2D eigenvalue weighted by Crippen LogP contribution is 2.39. The summed E-state index contributed by atoms with van der Waals surface area (Å²) in [7, 11) is 2.10. The van der Waals surface area contributed by atoms with E-state index in [2.05, 4.69) is 42.7 Å². The van der Waals surface area contributed by atoms with Crippen molar-refractivity contribution in [3.05, 3.63) is 18.2 Å². The van der Waals surface area contributed by atoms with Gasteiger partial charge in [0.2, 0.25) is 0 Å². The molecule has 1 aliphatic carbocycles. The van der Waals surface area contributed by atoms with E-state index in [1.807, 2.05) is 12.5 Å². The maximum absolute atomic E-state index is 4.28. The fraction of sp³-hybridized carbons (Fsp3) is 0.800. The van der Waals surface area contributed by atoms with Gasteiger partial charge in [0.15, 0.2) is 0 Å². The molecule has 0 bridgehead atoms. The molecule has 102 valence electrons. The lowest BCUT2D eigenvalue weighted by molar-refractivity contribution is 0.174. The Kier molecular flexibility index (Phi) is 4.44. The van der Waals surface area contributed by atoms with Crippen molar-refractivity contribution < 1.29 is 0 Å². The highest BCUT2D eigenvalue weighted by molar-refractivity contribution is 5.07. The van der Waals surface area contributed by atoms with Gasteiger partial charge in [0.1, 0.15) is 0 Å². The summed E-state index contributed by atoms with van der Waals surface area (Å²) in [5.74, 6) is 2.46. The summed E-state index contributed by atoms with van der Waals surface area (Å²) in [6.07, 6.45) is 8.01. The maximum atomic E-state index is 4.28. The molecule has 0 radical (unpaired) electrons. The van der Waals surface area contributed by atoms with E-state index in [1.165, 1.54) is 25.0 Å². The minimum Gasteiger partial charge on any atom is -0.336 e. The Balaban J connectivity index is 2.17. The lowest BCUT2D eigenvalue weighted by atomic mass is 9.73. The van der Waals surface area contributed by atoms with Crippen molar-refractivity contribution in [3.63, 3.8) is 0 Å². The van der Waals surface area contributed by atoms with Gasteiger partial charge in [0, 0.05) is 13.2 Å². The molecular formula is C15H27N3. The zero-order valence-corrected chi connectivity index (χ0v) is 12.2. The number of nitrogens with one attached hydrogen (secondary N) is 1. The smallest absolute Gasteiger partial charge is 0.0946 e. The van der Waals surface area contributed by atoms with E-state index in [9.17, 15) is 0 Å². The zero-order chi connectivity index (χ0) is 13.1. The molecule has 1 aromatic rings. The van der Waals surface area contributed by atoms with Crippen LogP contribution in [0.5, 0.6) is 0 Å². The Hall–Kier alpha value is -0.830. The SMILES string of the molecule is CCNC(c1cncn1C)C1CC(C)CC(C)C1. The van der Waals surface area contributed by atoms with Gasteiger partial charge in [-0.25, -0.2) is 4.98 Å². The standard InChI is InChI=1S/C15H27N3/c1-5-17-15(14-9-16-10-18(14)4)13-7-11(2)6-12(3)8-13/h9-13,15,17H,5-8H2,1-4H3. The molecule has 1 saturated carbocycles. The van der Waals surface area contributed by atoms with E-state index in [-0.39, 0.29) is 0 Å². The number of aryl methyl sites for hydroxylation is 1. The zero-order valence-electron chi connectivity index (χ0n) is 12.2. The second kappa shape index (κ2) is 5.87. The molecule has 1 N–H and O–H groups in total. The second-order valence-corrected chi connectivity index (χ2v) is 6.14. The monoisotopic (exact) mass is 249 g/mol. The molecule has 1 aliphatic rings. The van der Waals surface area contributed by atoms with Crippen LogP contribution in [0.2, 0.25) is 0 Å². The Labute approximate surface area is 111 Å². The molecule has 1 heterocycles. The van der Waals surface area contributed by atoms with Crippen LogP contribution < -0.4 is 5.32 Å². The molecule has 2 rings (SSSR count). The lowest BCUT2D eigenvalue weighted by Gasteiger charge is -2.37. The number of hydrogen-bond donors (Lipinski definition) is 1. The van der Waals surface area contributed by atoms with E-state index in [4.69, 9.17) is 0 Å². The molecule has 1 fully saturated rings. The van der Waals surface area contributed by atoms with E-state index < -0.39 is 0 Å². The van der Waals surface area contributed by atoms with Gasteiger partial charge < -0.3 is 9.88 Å². The minimum absolute atomic E-state index is 0.465. The average molecular weight is 249 g/mol. The predicted molar refractivity (Wildman–Crippen MR) is 75.3 cm³/mol. The first kappa shape index (κ1) is 13.6. The number of hydrogen-bond acceptors (Lipinski definition) is 2. The Bertz CT molecular complexity index is 362. The third-order valence-corrected chi connectivity index (χ3v) is 4.28. The maximum Gasteiger partial charge on any atom is 0.0946 e. The predicted octanol–water partition coefficient (Wildman–Crippen LogP) is 3.14. The third-order valence-electron chi connectivity index (χ3n) is 4.28. The normalized spacial score (nSPS) is 30.3. The van der Waals surface area contributed by atoms with Crippen molar-refractivity contribution in [1.29, 1.82) is 0 Å². The van der Waals surface area contributed by atoms with Crippen LogP contribution in [-0.2, 0) is 7.05 Å².